The number of nitrogens with one attached hydrogen (secondary N) is 1. The van der Waals surface area contributed by atoms with Gasteiger partial charge in [-0.15, -0.1) is 0 Å². The number of carbonyl (C=O) groups excluding carboxylic acids is 1. The molecule has 0 spiro atoms. The van der Waals surface area contributed by atoms with Crippen LogP contribution in [0, 0.1) is 5.82 Å². The monoisotopic (exact) mass is 360 g/mol. The molecule has 1 aromatic carbocycles. The van der Waals surface area contributed by atoms with E-state index in [4.69, 9.17) is 4.74 Å². The summed E-state index contributed by atoms with van der Waals surface area (Å²) in [4.78, 5) is 15.8. The summed E-state index contributed by atoms with van der Waals surface area (Å²) in [6, 6.07) is 8.57. The van der Waals surface area contributed by atoms with Gasteiger partial charge >= 0.3 is 0 Å². The first-order chi connectivity index (χ1) is 12.5. The third kappa shape index (κ3) is 4.40. The molecule has 6 nitrogen and oxygen atoms in total. The summed E-state index contributed by atoms with van der Waals surface area (Å²) in [5, 5.41) is 7.46. The third-order valence-electron chi connectivity index (χ3n) is 4.66. The van der Waals surface area contributed by atoms with Gasteiger partial charge in [-0.2, -0.15) is 5.10 Å². The smallest absolute Gasteiger partial charge is 0.236 e. The molecule has 140 valence electrons. The standard InChI is InChI=1S/C19H25FN4O2/c1-23(2)19(25)13-24-10-5-7-17(24)16-12-14(21-22-16)9-11-26-18-8-4-3-6-15(18)20/h3-4,6,8,12,17H,5,7,9-11,13H2,1-2H3,(H,21,22)/t17-/m0/s1. The van der Waals surface area contributed by atoms with Gasteiger partial charge in [0.25, 0.3) is 0 Å². The summed E-state index contributed by atoms with van der Waals surface area (Å²) in [6.07, 6.45) is 2.67. The molecule has 7 heteroatoms. The molecule has 0 aliphatic carbocycles. The SMILES string of the molecule is CN(C)C(=O)CN1CCC[C@H]1c1cc(CCOc2ccccc2F)[nH]n1. The quantitative estimate of drug-likeness (QED) is 0.824. The Hall–Kier alpha value is -2.41. The molecule has 3 rings (SSSR count). The molecular weight excluding hydrogens is 335 g/mol. The van der Waals surface area contributed by atoms with Crippen LogP contribution < -0.4 is 4.74 Å². The molecule has 0 unspecified atom stereocenters. The van der Waals surface area contributed by atoms with Gasteiger partial charge in [0.05, 0.1) is 24.9 Å². The van der Waals surface area contributed by atoms with Crippen molar-refractivity contribution in [3.05, 3.63) is 47.5 Å². The number of benzene rings is 1. The van der Waals surface area contributed by atoms with Crippen LogP contribution in [0.15, 0.2) is 30.3 Å². The van der Waals surface area contributed by atoms with Crippen LogP contribution >= 0.6 is 0 Å². The van der Waals surface area contributed by atoms with Gasteiger partial charge in [0, 0.05) is 26.2 Å². The summed E-state index contributed by atoms with van der Waals surface area (Å²) >= 11 is 0. The summed E-state index contributed by atoms with van der Waals surface area (Å²) in [5.41, 5.74) is 1.90. The lowest BCUT2D eigenvalue weighted by Gasteiger charge is -2.23. The lowest BCUT2D eigenvalue weighted by Crippen LogP contribution is -2.36. The molecule has 1 atom stereocenters. The van der Waals surface area contributed by atoms with Gasteiger partial charge in [0.1, 0.15) is 0 Å². The number of rotatable bonds is 7. The van der Waals surface area contributed by atoms with E-state index in [1.807, 2.05) is 6.07 Å². The van der Waals surface area contributed by atoms with Crippen molar-refractivity contribution in [3.8, 4) is 5.75 Å². The zero-order valence-corrected chi connectivity index (χ0v) is 15.2. The van der Waals surface area contributed by atoms with Crippen molar-refractivity contribution >= 4 is 5.91 Å². The zero-order valence-electron chi connectivity index (χ0n) is 15.2. The van der Waals surface area contributed by atoms with Crippen LogP contribution in [0.1, 0.15) is 30.3 Å². The van der Waals surface area contributed by atoms with E-state index in [1.165, 1.54) is 6.07 Å². The molecule has 0 saturated carbocycles. The first kappa shape index (κ1) is 18.4. The molecule has 1 fully saturated rings. The molecule has 1 amide bonds. The molecule has 2 heterocycles. The number of likely N-dealkylation sites (tertiary alicyclic amines) is 1. The highest BCUT2D eigenvalue weighted by atomic mass is 19.1. The van der Waals surface area contributed by atoms with Crippen LogP contribution in [0.4, 0.5) is 4.39 Å². The number of para-hydroxylation sites is 1. The maximum Gasteiger partial charge on any atom is 0.236 e. The summed E-state index contributed by atoms with van der Waals surface area (Å²) < 4.78 is 19.0. The second-order valence-corrected chi connectivity index (χ2v) is 6.76. The number of likely N-dealkylation sites (N-methyl/N-ethyl adjacent to an activating group) is 1. The number of hydrogen-bond donors (Lipinski definition) is 1. The maximum atomic E-state index is 13.5. The highest BCUT2D eigenvalue weighted by Gasteiger charge is 2.29. The lowest BCUT2D eigenvalue weighted by atomic mass is 10.1. The fourth-order valence-electron chi connectivity index (χ4n) is 3.18. The highest BCUT2D eigenvalue weighted by Crippen LogP contribution is 2.30. The molecule has 1 saturated heterocycles. The number of ether oxygens (including phenoxy) is 1. The van der Waals surface area contributed by atoms with Gasteiger partial charge in [-0.1, -0.05) is 12.1 Å². The van der Waals surface area contributed by atoms with E-state index in [1.54, 1.807) is 37.2 Å². The van der Waals surface area contributed by atoms with Gasteiger partial charge in [0.2, 0.25) is 5.91 Å². The average molecular weight is 360 g/mol. The number of carbonyl (C=O) groups is 1. The molecular formula is C19H25FN4O2. The minimum atomic E-state index is -0.357. The van der Waals surface area contributed by atoms with E-state index in [0.29, 0.717) is 19.6 Å². The maximum absolute atomic E-state index is 13.5. The van der Waals surface area contributed by atoms with Crippen LogP contribution in [0.5, 0.6) is 5.75 Å². The molecule has 1 aliphatic rings. The highest BCUT2D eigenvalue weighted by molar-refractivity contribution is 5.77. The van der Waals surface area contributed by atoms with Crippen LogP contribution in [-0.2, 0) is 11.2 Å². The minimum Gasteiger partial charge on any atom is -0.490 e. The van der Waals surface area contributed by atoms with E-state index in [2.05, 4.69) is 15.1 Å². The Morgan fingerprint density at radius 1 is 1.42 bits per heavy atom. The van der Waals surface area contributed by atoms with Gasteiger partial charge in [-0.25, -0.2) is 4.39 Å². The molecule has 0 radical (unpaired) electrons. The Morgan fingerprint density at radius 3 is 3.00 bits per heavy atom. The second-order valence-electron chi connectivity index (χ2n) is 6.76. The number of hydrogen-bond acceptors (Lipinski definition) is 4. The number of aromatic amines is 1. The summed E-state index contributed by atoms with van der Waals surface area (Å²) in [7, 11) is 3.55. The number of H-pyrrole nitrogens is 1. The topological polar surface area (TPSA) is 61.5 Å². The molecule has 1 aromatic heterocycles. The van der Waals surface area contributed by atoms with Crippen molar-refractivity contribution in [3.63, 3.8) is 0 Å². The number of amides is 1. The zero-order chi connectivity index (χ0) is 18.5. The van der Waals surface area contributed by atoms with Crippen LogP contribution in [0.3, 0.4) is 0 Å². The van der Waals surface area contributed by atoms with Gasteiger partial charge in [0.15, 0.2) is 11.6 Å². The Kier molecular flexibility index (Phi) is 5.88. The number of nitrogens with zero attached hydrogens (tertiary/aromatic N) is 3. The summed E-state index contributed by atoms with van der Waals surface area (Å²) in [6.45, 7) is 1.69. The average Bonchev–Trinajstić information content (AvgIpc) is 3.25. The Morgan fingerprint density at radius 2 is 2.23 bits per heavy atom. The summed E-state index contributed by atoms with van der Waals surface area (Å²) in [5.74, 6) is 0.00677. The van der Waals surface area contributed by atoms with Crippen LogP contribution in [0.2, 0.25) is 0 Å². The van der Waals surface area contributed by atoms with Crippen LogP contribution in [-0.4, -0.2) is 59.7 Å². The van der Waals surface area contributed by atoms with Gasteiger partial charge in [-0.05, 0) is 37.6 Å². The third-order valence-corrected chi connectivity index (χ3v) is 4.66. The molecule has 1 N–H and O–H groups in total. The first-order valence-corrected chi connectivity index (χ1v) is 8.90. The first-order valence-electron chi connectivity index (χ1n) is 8.90. The van der Waals surface area contributed by atoms with Gasteiger partial charge < -0.3 is 9.64 Å². The van der Waals surface area contributed by atoms with Crippen molar-refractivity contribution in [1.82, 2.24) is 20.0 Å². The molecule has 26 heavy (non-hydrogen) atoms. The second kappa shape index (κ2) is 8.31. The van der Waals surface area contributed by atoms with Crippen molar-refractivity contribution in [1.29, 1.82) is 0 Å². The van der Waals surface area contributed by atoms with E-state index >= 15 is 0 Å². The molecule has 0 bridgehead atoms. The number of halogens is 1. The Bertz CT molecular complexity index is 747. The minimum absolute atomic E-state index is 0.103. The fraction of sp³-hybridized carbons (Fsp3) is 0.474. The molecule has 1 aliphatic heterocycles. The largest absolute Gasteiger partial charge is 0.490 e. The lowest BCUT2D eigenvalue weighted by molar-refractivity contribution is -0.130. The van der Waals surface area contributed by atoms with E-state index in [-0.39, 0.29) is 23.5 Å². The van der Waals surface area contributed by atoms with Crippen molar-refractivity contribution in [2.75, 3.05) is 33.8 Å². The molecule has 2 aromatic rings. The predicted octanol–water partition coefficient (Wildman–Crippen LogP) is 2.40. The van der Waals surface area contributed by atoms with E-state index < -0.39 is 0 Å². The Labute approximate surface area is 152 Å². The number of aromatic nitrogens is 2. The van der Waals surface area contributed by atoms with Gasteiger partial charge in [-0.3, -0.25) is 14.8 Å². The van der Waals surface area contributed by atoms with E-state index in [0.717, 1.165) is 30.8 Å². The predicted molar refractivity (Wildman–Crippen MR) is 96.4 cm³/mol. The van der Waals surface area contributed by atoms with E-state index in [9.17, 15) is 9.18 Å². The van der Waals surface area contributed by atoms with Crippen LogP contribution in [0.25, 0.3) is 0 Å². The Balaban J connectivity index is 1.55. The van der Waals surface area contributed by atoms with Crippen molar-refractivity contribution < 1.29 is 13.9 Å². The normalized spacial score (nSPS) is 17.4. The van der Waals surface area contributed by atoms with Crippen molar-refractivity contribution in [2.45, 2.75) is 25.3 Å². The fourth-order valence-corrected chi connectivity index (χ4v) is 3.18. The van der Waals surface area contributed by atoms with Crippen molar-refractivity contribution in [2.24, 2.45) is 0 Å².